The Morgan fingerprint density at radius 3 is 2.57 bits per heavy atom. The van der Waals surface area contributed by atoms with Crippen molar-refractivity contribution >= 4 is 33.0 Å². The molecule has 0 aliphatic carbocycles. The first-order valence-corrected chi connectivity index (χ1v) is 6.37. The van der Waals surface area contributed by atoms with Gasteiger partial charge in [0.2, 0.25) is 10.0 Å². The number of sulfonamides is 1. The van der Waals surface area contributed by atoms with E-state index in [0.29, 0.717) is 5.56 Å². The Kier molecular flexibility index (Phi) is 2.81. The third-order valence-corrected chi connectivity index (χ3v) is 3.12. The maximum absolute atomic E-state index is 10.9. The molecule has 0 unspecified atom stereocenters. The average Bonchev–Trinajstić information content (AvgIpc) is 2.29. The lowest BCUT2D eigenvalue weighted by Crippen LogP contribution is -2.12. The van der Waals surface area contributed by atoms with E-state index in [-0.39, 0.29) is 10.6 Å². The number of rotatable bonds is 3. The van der Waals surface area contributed by atoms with Gasteiger partial charge >= 0.3 is 5.97 Å². The number of carboxylic acid groups (broad SMARTS) is 1. The van der Waals surface area contributed by atoms with E-state index in [1.54, 1.807) is 12.3 Å². The molecule has 0 radical (unpaired) electrons. The fourth-order valence-corrected chi connectivity index (χ4v) is 2.46. The number of hydrogen-bond donors (Lipinski definition) is 2. The van der Waals surface area contributed by atoms with Gasteiger partial charge < -0.3 is 5.11 Å². The number of carbonyl (C=O) groups is 1. The number of hydrogen-bond acceptors (Lipinski definition) is 4. The van der Waals surface area contributed by atoms with Crippen molar-refractivity contribution in [1.29, 1.82) is 0 Å². The Hall–Kier alpha value is -1.08. The van der Waals surface area contributed by atoms with E-state index in [4.69, 9.17) is 5.11 Å². The van der Waals surface area contributed by atoms with E-state index in [0.717, 1.165) is 17.6 Å². The van der Waals surface area contributed by atoms with Crippen LogP contribution in [0.1, 0.15) is 15.2 Å². The molecule has 0 saturated heterocycles. The Bertz CT molecular complexity index is 460. The number of thiophene rings is 1. The molecule has 2 N–H and O–H groups in total. The minimum absolute atomic E-state index is 0.00734. The van der Waals surface area contributed by atoms with Crippen LogP contribution in [0, 0.1) is 6.92 Å². The van der Waals surface area contributed by atoms with Crippen molar-refractivity contribution in [2.75, 3.05) is 11.0 Å². The molecule has 1 rings (SSSR count). The molecule has 0 aliphatic rings. The average molecular weight is 235 g/mol. The summed E-state index contributed by atoms with van der Waals surface area (Å²) in [7, 11) is -3.43. The van der Waals surface area contributed by atoms with Crippen molar-refractivity contribution in [2.24, 2.45) is 0 Å². The zero-order valence-corrected chi connectivity index (χ0v) is 9.20. The van der Waals surface area contributed by atoms with Crippen molar-refractivity contribution in [3.63, 3.8) is 0 Å². The Morgan fingerprint density at radius 1 is 1.57 bits per heavy atom. The predicted octanol–water partition coefficient (Wildman–Crippen LogP) is 1.13. The van der Waals surface area contributed by atoms with Crippen LogP contribution in [0.4, 0.5) is 5.69 Å². The standard InChI is InChI=1S/C7H9NO4S2/c1-4-3-13-6(7(9)10)5(4)8-14(2,11)12/h3,8H,1-2H3,(H,9,10). The van der Waals surface area contributed by atoms with E-state index in [2.05, 4.69) is 4.72 Å². The molecule has 0 amide bonds. The molecule has 0 bridgehead atoms. The second-order valence-electron chi connectivity index (χ2n) is 2.80. The highest BCUT2D eigenvalue weighted by Crippen LogP contribution is 2.28. The molecule has 1 aromatic heterocycles. The predicted molar refractivity (Wildman–Crippen MR) is 54.5 cm³/mol. The number of aromatic carboxylic acids is 1. The third kappa shape index (κ3) is 2.46. The van der Waals surface area contributed by atoms with Crippen LogP contribution < -0.4 is 4.72 Å². The van der Waals surface area contributed by atoms with Gasteiger partial charge in [0.05, 0.1) is 11.9 Å². The van der Waals surface area contributed by atoms with Gasteiger partial charge in [0.25, 0.3) is 0 Å². The molecule has 0 spiro atoms. The maximum Gasteiger partial charge on any atom is 0.348 e. The van der Waals surface area contributed by atoms with Crippen molar-refractivity contribution < 1.29 is 18.3 Å². The van der Waals surface area contributed by atoms with Crippen molar-refractivity contribution in [1.82, 2.24) is 0 Å². The van der Waals surface area contributed by atoms with E-state index >= 15 is 0 Å². The lowest BCUT2D eigenvalue weighted by atomic mass is 10.3. The fourth-order valence-electron chi connectivity index (χ4n) is 0.914. The van der Waals surface area contributed by atoms with Crippen LogP contribution in [-0.2, 0) is 10.0 Å². The summed E-state index contributed by atoms with van der Waals surface area (Å²) >= 11 is 0.998. The highest BCUT2D eigenvalue weighted by Gasteiger charge is 2.17. The lowest BCUT2D eigenvalue weighted by Gasteiger charge is -2.03. The van der Waals surface area contributed by atoms with Crippen LogP contribution in [-0.4, -0.2) is 25.7 Å². The zero-order chi connectivity index (χ0) is 10.9. The molecule has 0 fully saturated rings. The third-order valence-electron chi connectivity index (χ3n) is 1.46. The molecule has 0 saturated carbocycles. The first kappa shape index (κ1) is 11.0. The molecule has 0 atom stereocenters. The van der Waals surface area contributed by atoms with Gasteiger partial charge in [-0.05, 0) is 17.9 Å². The largest absolute Gasteiger partial charge is 0.477 e. The van der Waals surface area contributed by atoms with Crippen LogP contribution in [0.3, 0.4) is 0 Å². The second-order valence-corrected chi connectivity index (χ2v) is 5.43. The summed E-state index contributed by atoms with van der Waals surface area (Å²) in [6.45, 7) is 1.65. The first-order valence-electron chi connectivity index (χ1n) is 3.60. The summed E-state index contributed by atoms with van der Waals surface area (Å²) in [5.74, 6) is -1.13. The Balaban J connectivity index is 3.19. The van der Waals surface area contributed by atoms with E-state index in [1.165, 1.54) is 0 Å². The topological polar surface area (TPSA) is 83.5 Å². The van der Waals surface area contributed by atoms with Crippen LogP contribution in [0.5, 0.6) is 0 Å². The van der Waals surface area contributed by atoms with E-state index < -0.39 is 16.0 Å². The molecule has 78 valence electrons. The van der Waals surface area contributed by atoms with Crippen LogP contribution in [0.25, 0.3) is 0 Å². The highest BCUT2D eigenvalue weighted by molar-refractivity contribution is 7.92. The summed E-state index contributed by atoms with van der Waals surface area (Å²) in [4.78, 5) is 10.7. The van der Waals surface area contributed by atoms with Gasteiger partial charge in [0.15, 0.2) is 0 Å². The number of nitrogens with one attached hydrogen (secondary N) is 1. The zero-order valence-electron chi connectivity index (χ0n) is 7.57. The molecule has 1 heterocycles. The molecule has 1 aromatic rings. The summed E-state index contributed by atoms with van der Waals surface area (Å²) in [5.41, 5.74) is 0.767. The van der Waals surface area contributed by atoms with Crippen LogP contribution >= 0.6 is 11.3 Å². The molecular weight excluding hydrogens is 226 g/mol. The van der Waals surface area contributed by atoms with Crippen molar-refractivity contribution in [2.45, 2.75) is 6.92 Å². The molecule has 5 nitrogen and oxygen atoms in total. The van der Waals surface area contributed by atoms with Crippen molar-refractivity contribution in [3.8, 4) is 0 Å². The number of aryl methyl sites for hydroxylation is 1. The van der Waals surface area contributed by atoms with Gasteiger partial charge in [-0.1, -0.05) is 0 Å². The maximum atomic E-state index is 10.9. The summed E-state index contributed by atoms with van der Waals surface area (Å²) in [6.07, 6.45) is 0.982. The quantitative estimate of drug-likeness (QED) is 0.822. The highest BCUT2D eigenvalue weighted by atomic mass is 32.2. The monoisotopic (exact) mass is 235 g/mol. The molecule has 14 heavy (non-hydrogen) atoms. The summed E-state index contributed by atoms with van der Waals surface area (Å²) < 4.78 is 24.0. The fraction of sp³-hybridized carbons (Fsp3) is 0.286. The SMILES string of the molecule is Cc1csc(C(=O)O)c1NS(C)(=O)=O. The number of carboxylic acids is 1. The van der Waals surface area contributed by atoms with Crippen LogP contribution in [0.15, 0.2) is 5.38 Å². The van der Waals surface area contributed by atoms with Crippen molar-refractivity contribution in [3.05, 3.63) is 15.8 Å². The molecule has 7 heteroatoms. The van der Waals surface area contributed by atoms with E-state index in [9.17, 15) is 13.2 Å². The minimum Gasteiger partial charge on any atom is -0.477 e. The normalized spacial score (nSPS) is 11.3. The summed E-state index contributed by atoms with van der Waals surface area (Å²) in [5, 5.41) is 10.3. The van der Waals surface area contributed by atoms with Gasteiger partial charge in [0.1, 0.15) is 4.88 Å². The molecular formula is C7H9NO4S2. The Labute approximate surface area is 85.4 Å². The van der Waals surface area contributed by atoms with Gasteiger partial charge in [-0.25, -0.2) is 13.2 Å². The van der Waals surface area contributed by atoms with Gasteiger partial charge in [-0.3, -0.25) is 4.72 Å². The summed E-state index contributed by atoms with van der Waals surface area (Å²) in [6, 6.07) is 0. The first-order chi connectivity index (χ1) is 6.31. The second kappa shape index (κ2) is 3.58. The van der Waals surface area contributed by atoms with Crippen LogP contribution in [0.2, 0.25) is 0 Å². The molecule has 0 aliphatic heterocycles. The molecule has 0 aromatic carbocycles. The minimum atomic E-state index is -3.43. The van der Waals surface area contributed by atoms with Gasteiger partial charge in [-0.15, -0.1) is 11.3 Å². The number of anilines is 1. The Morgan fingerprint density at radius 2 is 2.14 bits per heavy atom. The smallest absolute Gasteiger partial charge is 0.348 e. The lowest BCUT2D eigenvalue weighted by molar-refractivity contribution is 0.0703. The van der Waals surface area contributed by atoms with Gasteiger partial charge in [0, 0.05) is 0 Å². The van der Waals surface area contributed by atoms with E-state index in [1.807, 2.05) is 0 Å². The van der Waals surface area contributed by atoms with Gasteiger partial charge in [-0.2, -0.15) is 0 Å².